The maximum atomic E-state index is 5.97. The Labute approximate surface area is 125 Å². The summed E-state index contributed by atoms with van der Waals surface area (Å²) in [5.74, 6) is 0. The molecule has 2 N–H and O–H groups in total. The van der Waals surface area contributed by atoms with Crippen molar-refractivity contribution < 1.29 is 0 Å². The molecule has 0 spiro atoms. The monoisotopic (exact) mass is 286 g/mol. The summed E-state index contributed by atoms with van der Waals surface area (Å²) in [4.78, 5) is 5.81. The highest BCUT2D eigenvalue weighted by atomic mass is 32.2. The van der Waals surface area contributed by atoms with Gasteiger partial charge in [0.1, 0.15) is 5.03 Å². The lowest BCUT2D eigenvalue weighted by molar-refractivity contribution is 0.644. The molecule has 2 nitrogen and oxygen atoms in total. The average molecular weight is 286 g/mol. The minimum Gasteiger partial charge on any atom is -0.327 e. The standard InChI is InChI=1S/C17H22N2S/c1-4-15(18)10-14-7-8-17(19-11-14)20-16-9-12(2)5-6-13(16)3/h5-9,11,15H,4,10,18H2,1-3H3. The van der Waals surface area contributed by atoms with E-state index in [-0.39, 0.29) is 6.04 Å². The van der Waals surface area contributed by atoms with Crippen molar-refractivity contribution in [2.45, 2.75) is 49.6 Å². The van der Waals surface area contributed by atoms with Gasteiger partial charge in [-0.25, -0.2) is 4.98 Å². The van der Waals surface area contributed by atoms with Gasteiger partial charge in [-0.2, -0.15) is 0 Å². The zero-order valence-corrected chi connectivity index (χ0v) is 13.2. The molecular formula is C17H22N2S. The van der Waals surface area contributed by atoms with Gasteiger partial charge in [0.2, 0.25) is 0 Å². The van der Waals surface area contributed by atoms with Crippen molar-refractivity contribution in [1.82, 2.24) is 4.98 Å². The van der Waals surface area contributed by atoms with E-state index in [0.29, 0.717) is 0 Å². The molecule has 0 aliphatic carbocycles. The summed E-state index contributed by atoms with van der Waals surface area (Å²) in [7, 11) is 0. The Kier molecular flexibility index (Phi) is 5.21. The Morgan fingerprint density at radius 1 is 1.20 bits per heavy atom. The van der Waals surface area contributed by atoms with Crippen molar-refractivity contribution in [3.8, 4) is 0 Å². The predicted molar refractivity (Wildman–Crippen MR) is 86.2 cm³/mol. The van der Waals surface area contributed by atoms with Gasteiger partial charge in [0.15, 0.2) is 0 Å². The van der Waals surface area contributed by atoms with Crippen LogP contribution in [0.25, 0.3) is 0 Å². The molecular weight excluding hydrogens is 264 g/mol. The number of nitrogens with zero attached hydrogens (tertiary/aromatic N) is 1. The van der Waals surface area contributed by atoms with Gasteiger partial charge in [0.25, 0.3) is 0 Å². The Bertz CT molecular complexity index is 564. The van der Waals surface area contributed by atoms with Crippen LogP contribution in [0.1, 0.15) is 30.0 Å². The molecule has 2 rings (SSSR count). The fourth-order valence-electron chi connectivity index (χ4n) is 1.97. The Morgan fingerprint density at radius 3 is 2.65 bits per heavy atom. The summed E-state index contributed by atoms with van der Waals surface area (Å²) in [5.41, 5.74) is 9.76. The van der Waals surface area contributed by atoms with Gasteiger partial charge in [-0.05, 0) is 55.5 Å². The molecule has 20 heavy (non-hydrogen) atoms. The van der Waals surface area contributed by atoms with Crippen LogP contribution in [0.15, 0.2) is 46.5 Å². The molecule has 0 saturated heterocycles. The molecule has 1 aromatic heterocycles. The number of aryl methyl sites for hydroxylation is 2. The van der Waals surface area contributed by atoms with Crippen LogP contribution in [-0.2, 0) is 6.42 Å². The van der Waals surface area contributed by atoms with Gasteiger partial charge < -0.3 is 5.73 Å². The van der Waals surface area contributed by atoms with Gasteiger partial charge in [0, 0.05) is 17.1 Å². The molecule has 0 saturated carbocycles. The Hall–Kier alpha value is -1.32. The molecule has 0 fully saturated rings. The lowest BCUT2D eigenvalue weighted by atomic mass is 10.1. The summed E-state index contributed by atoms with van der Waals surface area (Å²) in [6, 6.07) is 11.0. The van der Waals surface area contributed by atoms with Crippen molar-refractivity contribution in [3.63, 3.8) is 0 Å². The van der Waals surface area contributed by atoms with E-state index in [1.807, 2.05) is 6.20 Å². The van der Waals surface area contributed by atoms with Crippen LogP contribution in [0.3, 0.4) is 0 Å². The number of pyridine rings is 1. The predicted octanol–water partition coefficient (Wildman–Crippen LogP) is 4.13. The minimum atomic E-state index is 0.231. The molecule has 3 heteroatoms. The average Bonchev–Trinajstić information content (AvgIpc) is 2.45. The van der Waals surface area contributed by atoms with Crippen molar-refractivity contribution in [3.05, 3.63) is 53.2 Å². The van der Waals surface area contributed by atoms with Crippen molar-refractivity contribution in [2.24, 2.45) is 5.73 Å². The zero-order valence-electron chi connectivity index (χ0n) is 12.4. The molecule has 1 aromatic carbocycles. The lowest BCUT2D eigenvalue weighted by Crippen LogP contribution is -2.21. The quantitative estimate of drug-likeness (QED) is 0.898. The molecule has 1 unspecified atom stereocenters. The first-order valence-electron chi connectivity index (χ1n) is 7.04. The van der Waals surface area contributed by atoms with Crippen molar-refractivity contribution >= 4 is 11.8 Å². The molecule has 0 bridgehead atoms. The molecule has 1 heterocycles. The molecule has 0 amide bonds. The third-order valence-electron chi connectivity index (χ3n) is 3.38. The highest BCUT2D eigenvalue weighted by molar-refractivity contribution is 7.99. The molecule has 1 atom stereocenters. The van der Waals surface area contributed by atoms with E-state index in [1.54, 1.807) is 11.8 Å². The van der Waals surface area contributed by atoms with E-state index in [9.17, 15) is 0 Å². The van der Waals surface area contributed by atoms with E-state index >= 15 is 0 Å². The van der Waals surface area contributed by atoms with Gasteiger partial charge in [0.05, 0.1) is 0 Å². The normalized spacial score (nSPS) is 12.4. The number of rotatable bonds is 5. The number of aromatic nitrogens is 1. The first-order chi connectivity index (χ1) is 9.58. The van der Waals surface area contributed by atoms with Crippen LogP contribution in [0.5, 0.6) is 0 Å². The van der Waals surface area contributed by atoms with E-state index < -0.39 is 0 Å². The van der Waals surface area contributed by atoms with Crippen LogP contribution in [0.4, 0.5) is 0 Å². The van der Waals surface area contributed by atoms with Crippen LogP contribution < -0.4 is 5.73 Å². The summed E-state index contributed by atoms with van der Waals surface area (Å²) in [6.07, 6.45) is 3.85. The van der Waals surface area contributed by atoms with Gasteiger partial charge in [-0.15, -0.1) is 0 Å². The maximum Gasteiger partial charge on any atom is 0.101 e. The summed E-state index contributed by atoms with van der Waals surface area (Å²) in [6.45, 7) is 6.37. The SMILES string of the molecule is CCC(N)Cc1ccc(Sc2cc(C)ccc2C)nc1. The number of benzene rings is 1. The number of hydrogen-bond acceptors (Lipinski definition) is 3. The smallest absolute Gasteiger partial charge is 0.101 e. The number of nitrogens with two attached hydrogens (primary N) is 1. The van der Waals surface area contributed by atoms with Crippen LogP contribution in [0.2, 0.25) is 0 Å². The van der Waals surface area contributed by atoms with Crippen LogP contribution in [0, 0.1) is 13.8 Å². The summed E-state index contributed by atoms with van der Waals surface area (Å²) >= 11 is 1.72. The van der Waals surface area contributed by atoms with Crippen LogP contribution >= 0.6 is 11.8 Å². The second kappa shape index (κ2) is 6.91. The minimum absolute atomic E-state index is 0.231. The van der Waals surface area contributed by atoms with Crippen LogP contribution in [-0.4, -0.2) is 11.0 Å². The largest absolute Gasteiger partial charge is 0.327 e. The van der Waals surface area contributed by atoms with E-state index in [2.05, 4.69) is 56.1 Å². The summed E-state index contributed by atoms with van der Waals surface area (Å²) < 4.78 is 0. The van der Waals surface area contributed by atoms with Gasteiger partial charge >= 0.3 is 0 Å². The number of hydrogen-bond donors (Lipinski definition) is 1. The first-order valence-corrected chi connectivity index (χ1v) is 7.85. The highest BCUT2D eigenvalue weighted by Gasteiger charge is 2.05. The molecule has 106 valence electrons. The fraction of sp³-hybridized carbons (Fsp3) is 0.353. The van der Waals surface area contributed by atoms with E-state index in [0.717, 1.165) is 17.9 Å². The van der Waals surface area contributed by atoms with Crippen molar-refractivity contribution in [1.29, 1.82) is 0 Å². The maximum absolute atomic E-state index is 5.97. The van der Waals surface area contributed by atoms with Crippen molar-refractivity contribution in [2.75, 3.05) is 0 Å². The molecule has 0 radical (unpaired) electrons. The first kappa shape index (κ1) is 15.1. The van der Waals surface area contributed by atoms with Gasteiger partial charge in [-0.3, -0.25) is 0 Å². The highest BCUT2D eigenvalue weighted by Crippen LogP contribution is 2.29. The lowest BCUT2D eigenvalue weighted by Gasteiger charge is -2.09. The topological polar surface area (TPSA) is 38.9 Å². The molecule has 0 aliphatic heterocycles. The Balaban J connectivity index is 2.09. The molecule has 2 aromatic rings. The third kappa shape index (κ3) is 4.09. The zero-order chi connectivity index (χ0) is 14.5. The second-order valence-corrected chi connectivity index (χ2v) is 6.31. The van der Waals surface area contributed by atoms with Gasteiger partial charge in [-0.1, -0.05) is 36.9 Å². The summed E-state index contributed by atoms with van der Waals surface area (Å²) in [5, 5.41) is 1.03. The Morgan fingerprint density at radius 2 is 2.00 bits per heavy atom. The second-order valence-electron chi connectivity index (χ2n) is 5.25. The molecule has 0 aliphatic rings. The van der Waals surface area contributed by atoms with E-state index in [4.69, 9.17) is 5.73 Å². The third-order valence-corrected chi connectivity index (χ3v) is 4.49. The van der Waals surface area contributed by atoms with E-state index in [1.165, 1.54) is 21.6 Å². The fourth-order valence-corrected chi connectivity index (χ4v) is 2.91.